The van der Waals surface area contributed by atoms with Crippen molar-refractivity contribution in [2.75, 3.05) is 0 Å². The molecule has 0 saturated heterocycles. The fourth-order valence-electron chi connectivity index (χ4n) is 2.38. The zero-order valence-electron chi connectivity index (χ0n) is 16.9. The Balaban J connectivity index is 0.000000451. The summed E-state index contributed by atoms with van der Waals surface area (Å²) in [5.41, 5.74) is 1.95. The molecule has 1 aromatic carbocycles. The molecule has 2 heterocycles. The Morgan fingerprint density at radius 3 is 1.17 bits per heavy atom. The van der Waals surface area contributed by atoms with Crippen LogP contribution in [-0.2, 0) is 35.7 Å². The number of ketones is 4. The number of fused-ring (bicyclic) bond motifs is 3. The van der Waals surface area contributed by atoms with Gasteiger partial charge in [-0.25, -0.2) is 0 Å². The summed E-state index contributed by atoms with van der Waals surface area (Å²) in [4.78, 5) is 48.8. The second-order valence-electron chi connectivity index (χ2n) is 6.38. The molecule has 0 fully saturated rings. The molecule has 0 saturated carbocycles. The molecule has 0 radical (unpaired) electrons. The number of rotatable bonds is 4. The zero-order chi connectivity index (χ0) is 21.1. The summed E-state index contributed by atoms with van der Waals surface area (Å²) < 4.78 is 0. The van der Waals surface area contributed by atoms with Crippen LogP contribution in [0.3, 0.4) is 0 Å². The summed E-state index contributed by atoms with van der Waals surface area (Å²) in [6.07, 6.45) is 3.77. The normalized spacial score (nSPS) is 9.24. The first-order chi connectivity index (χ1) is 13.2. The molecule has 0 N–H and O–H groups in total. The molecule has 0 aliphatic rings. The minimum atomic E-state index is -0.0625. The number of Topliss-reactive ketones (excluding diaryl/α,β-unsaturated/α-hetero) is 4. The molecule has 3 aromatic rings. The Kier molecular flexibility index (Phi) is 12.1. The molecule has 0 unspecified atom stereocenters. The molecule has 7 heteroatoms. The van der Waals surface area contributed by atoms with Crippen LogP contribution in [0.1, 0.15) is 40.5 Å². The van der Waals surface area contributed by atoms with Gasteiger partial charge in [0.25, 0.3) is 0 Å². The number of pyridine rings is 2. The molecule has 29 heavy (non-hydrogen) atoms. The van der Waals surface area contributed by atoms with Crippen molar-refractivity contribution in [3.05, 3.63) is 48.8 Å². The van der Waals surface area contributed by atoms with E-state index in [0.717, 1.165) is 21.8 Å². The van der Waals surface area contributed by atoms with Gasteiger partial charge in [0.1, 0.15) is 23.1 Å². The van der Waals surface area contributed by atoms with Crippen molar-refractivity contribution in [3.8, 4) is 0 Å². The summed E-state index contributed by atoms with van der Waals surface area (Å²) in [7, 11) is 0. The number of carbonyl (C=O) groups excluding carboxylic acids is 4. The molecular formula is C22H24N2NiO4. The van der Waals surface area contributed by atoms with Crippen LogP contribution in [0.2, 0.25) is 0 Å². The van der Waals surface area contributed by atoms with E-state index in [-0.39, 0.29) is 52.5 Å². The molecule has 0 aliphatic heterocycles. The van der Waals surface area contributed by atoms with Crippen LogP contribution in [-0.4, -0.2) is 33.1 Å². The largest absolute Gasteiger partial charge is 0.300 e. The SMILES string of the molecule is CC(=O)CC(C)=O.CC(=O)CC(C)=O.[Ni].c1cnc2c(c1)ccc1cccnc12. The summed E-state index contributed by atoms with van der Waals surface area (Å²) in [5.74, 6) is -0.250. The molecule has 0 atom stereocenters. The summed E-state index contributed by atoms with van der Waals surface area (Å²) in [5, 5.41) is 2.28. The van der Waals surface area contributed by atoms with E-state index in [1.165, 1.54) is 27.7 Å². The van der Waals surface area contributed by atoms with Crippen LogP contribution >= 0.6 is 0 Å². The number of hydrogen-bond donors (Lipinski definition) is 0. The van der Waals surface area contributed by atoms with Gasteiger partial charge < -0.3 is 0 Å². The van der Waals surface area contributed by atoms with Crippen LogP contribution < -0.4 is 0 Å². The maximum absolute atomic E-state index is 10.0. The van der Waals surface area contributed by atoms with Crippen molar-refractivity contribution in [1.82, 2.24) is 9.97 Å². The molecule has 0 bridgehead atoms. The maximum atomic E-state index is 10.0. The van der Waals surface area contributed by atoms with Crippen LogP contribution in [0.15, 0.2) is 48.8 Å². The van der Waals surface area contributed by atoms with Crippen LogP contribution in [0.5, 0.6) is 0 Å². The van der Waals surface area contributed by atoms with Gasteiger partial charge in [-0.1, -0.05) is 24.3 Å². The third-order valence-corrected chi connectivity index (χ3v) is 3.34. The second kappa shape index (κ2) is 13.4. The first kappa shape index (κ1) is 26.2. The average Bonchev–Trinajstić information content (AvgIpc) is 2.60. The Morgan fingerprint density at radius 1 is 0.621 bits per heavy atom. The number of carbonyl (C=O) groups is 4. The first-order valence-corrected chi connectivity index (χ1v) is 8.77. The van der Waals surface area contributed by atoms with Crippen molar-refractivity contribution in [2.24, 2.45) is 0 Å². The molecule has 2 aromatic heterocycles. The van der Waals surface area contributed by atoms with E-state index in [1.54, 1.807) is 12.4 Å². The van der Waals surface area contributed by atoms with Gasteiger partial charge in [-0.2, -0.15) is 0 Å². The molecule has 0 amide bonds. The Morgan fingerprint density at radius 2 is 0.931 bits per heavy atom. The van der Waals surface area contributed by atoms with Crippen LogP contribution in [0.25, 0.3) is 21.8 Å². The van der Waals surface area contributed by atoms with E-state index in [1.807, 2.05) is 12.1 Å². The van der Waals surface area contributed by atoms with Crippen LogP contribution in [0, 0.1) is 0 Å². The number of benzene rings is 1. The van der Waals surface area contributed by atoms with Crippen molar-refractivity contribution in [3.63, 3.8) is 0 Å². The smallest absolute Gasteiger partial charge is 0.137 e. The minimum absolute atomic E-state index is 0. The molecule has 3 rings (SSSR count). The Labute approximate surface area is 180 Å². The predicted molar refractivity (Wildman–Crippen MR) is 109 cm³/mol. The van der Waals surface area contributed by atoms with Crippen molar-refractivity contribution in [1.29, 1.82) is 0 Å². The summed E-state index contributed by atoms with van der Waals surface area (Å²) in [6.45, 7) is 5.62. The monoisotopic (exact) mass is 438 g/mol. The fraction of sp³-hybridized carbons (Fsp3) is 0.273. The van der Waals surface area contributed by atoms with Crippen molar-refractivity contribution in [2.45, 2.75) is 40.5 Å². The molecular weight excluding hydrogens is 415 g/mol. The molecule has 6 nitrogen and oxygen atoms in total. The van der Waals surface area contributed by atoms with Gasteiger partial charge in [0, 0.05) is 39.7 Å². The van der Waals surface area contributed by atoms with Gasteiger partial charge in [0.05, 0.1) is 23.9 Å². The Hall–Kier alpha value is -2.79. The van der Waals surface area contributed by atoms with E-state index in [9.17, 15) is 19.2 Å². The average molecular weight is 439 g/mol. The number of hydrogen-bond acceptors (Lipinski definition) is 6. The number of nitrogens with zero attached hydrogens (tertiary/aromatic N) is 2. The van der Waals surface area contributed by atoms with E-state index in [4.69, 9.17) is 0 Å². The van der Waals surface area contributed by atoms with E-state index in [0.29, 0.717) is 0 Å². The van der Waals surface area contributed by atoms with Crippen molar-refractivity contribution < 1.29 is 35.7 Å². The van der Waals surface area contributed by atoms with E-state index >= 15 is 0 Å². The van der Waals surface area contributed by atoms with Crippen LogP contribution in [0.4, 0.5) is 0 Å². The van der Waals surface area contributed by atoms with Gasteiger partial charge in [0.2, 0.25) is 0 Å². The minimum Gasteiger partial charge on any atom is -0.300 e. The summed E-state index contributed by atoms with van der Waals surface area (Å²) >= 11 is 0. The van der Waals surface area contributed by atoms with Gasteiger partial charge in [-0.05, 0) is 39.8 Å². The topological polar surface area (TPSA) is 94.1 Å². The van der Waals surface area contributed by atoms with Gasteiger partial charge in [0.15, 0.2) is 0 Å². The van der Waals surface area contributed by atoms with Crippen molar-refractivity contribution >= 4 is 44.9 Å². The molecule has 0 spiro atoms. The zero-order valence-corrected chi connectivity index (χ0v) is 17.9. The predicted octanol–water partition coefficient (Wildman–Crippen LogP) is 3.89. The third kappa shape index (κ3) is 10.4. The van der Waals surface area contributed by atoms with Gasteiger partial charge in [-0.15, -0.1) is 0 Å². The quantitative estimate of drug-likeness (QED) is 0.348. The van der Waals surface area contributed by atoms with Gasteiger partial charge in [-0.3, -0.25) is 29.1 Å². The van der Waals surface area contributed by atoms with E-state index < -0.39 is 0 Å². The molecule has 0 aliphatic carbocycles. The first-order valence-electron chi connectivity index (χ1n) is 8.77. The molecule has 156 valence electrons. The standard InChI is InChI=1S/C12H8N2.2C5H8O2.Ni/c1-3-9-5-6-10-4-2-8-14-12(10)11(9)13-7-1;2*1-4(6)3-5(2)7;/h1-8H;2*3H2,1-2H3;. The maximum Gasteiger partial charge on any atom is 0.137 e. The Bertz CT molecular complexity index is 897. The van der Waals surface area contributed by atoms with E-state index in [2.05, 4.69) is 34.2 Å². The van der Waals surface area contributed by atoms with Gasteiger partial charge >= 0.3 is 0 Å². The second-order valence-corrected chi connectivity index (χ2v) is 6.38. The summed E-state index contributed by atoms with van der Waals surface area (Å²) in [6, 6.07) is 12.1. The fourth-order valence-corrected chi connectivity index (χ4v) is 2.38. The third-order valence-electron chi connectivity index (χ3n) is 3.34. The number of aromatic nitrogens is 2.